The van der Waals surface area contributed by atoms with Crippen molar-refractivity contribution in [3.63, 3.8) is 0 Å². The van der Waals surface area contributed by atoms with E-state index in [1.165, 1.54) is 0 Å². The van der Waals surface area contributed by atoms with Gasteiger partial charge in [-0.1, -0.05) is 0 Å². The molecular formula is C4H5F3O2. The van der Waals surface area contributed by atoms with Gasteiger partial charge in [0.15, 0.2) is 0 Å². The Bertz CT molecular complexity index is 96.5. The van der Waals surface area contributed by atoms with Gasteiger partial charge in [-0.25, -0.2) is 0 Å². The van der Waals surface area contributed by atoms with Gasteiger partial charge in [-0.2, -0.15) is 0 Å². The Morgan fingerprint density at radius 3 is 2.44 bits per heavy atom. The molecule has 1 heterocycles. The summed E-state index contributed by atoms with van der Waals surface area (Å²) in [6.45, 7) is 0.0135. The Morgan fingerprint density at radius 1 is 1.56 bits per heavy atom. The average molecular weight is 142 g/mol. The summed E-state index contributed by atoms with van der Waals surface area (Å²) in [4.78, 5) is 0. The molecule has 1 aliphatic rings. The molecule has 0 aromatic carbocycles. The highest BCUT2D eigenvalue weighted by atomic mass is 19.4. The number of hydrogen-bond acceptors (Lipinski definition) is 2. The molecule has 1 fully saturated rings. The van der Waals surface area contributed by atoms with Crippen molar-refractivity contribution in [2.45, 2.75) is 12.5 Å². The topological polar surface area (TPSA) is 21.8 Å². The van der Waals surface area contributed by atoms with Gasteiger partial charge in [-0.15, -0.1) is 13.2 Å². The molecule has 54 valence electrons. The summed E-state index contributed by atoms with van der Waals surface area (Å²) < 4.78 is 41.4. The second kappa shape index (κ2) is 2.15. The molecule has 1 atom stereocenters. The van der Waals surface area contributed by atoms with E-state index in [0.29, 0.717) is 6.61 Å². The Kier molecular flexibility index (Phi) is 1.63. The van der Waals surface area contributed by atoms with Crippen molar-refractivity contribution in [2.24, 2.45) is 0 Å². The van der Waals surface area contributed by atoms with Gasteiger partial charge < -0.3 is 4.74 Å². The van der Waals surface area contributed by atoms with Crippen LogP contribution in [0.3, 0.4) is 0 Å². The van der Waals surface area contributed by atoms with Crippen LogP contribution in [-0.4, -0.2) is 25.7 Å². The highest BCUT2D eigenvalue weighted by Gasteiger charge is 2.33. The minimum atomic E-state index is -4.51. The van der Waals surface area contributed by atoms with Crippen molar-refractivity contribution in [2.75, 3.05) is 13.2 Å². The highest BCUT2D eigenvalue weighted by Crippen LogP contribution is 2.19. The molecule has 0 bridgehead atoms. The van der Waals surface area contributed by atoms with Gasteiger partial charge >= 0.3 is 6.36 Å². The minimum absolute atomic E-state index is 0.327. The van der Waals surface area contributed by atoms with Crippen LogP contribution in [0.4, 0.5) is 13.2 Å². The second-order valence-corrected chi connectivity index (χ2v) is 1.71. The molecule has 0 amide bonds. The van der Waals surface area contributed by atoms with Crippen LogP contribution < -0.4 is 0 Å². The second-order valence-electron chi connectivity index (χ2n) is 1.71. The molecule has 0 aliphatic carbocycles. The maximum atomic E-state index is 11.2. The van der Waals surface area contributed by atoms with Crippen molar-refractivity contribution >= 4 is 0 Å². The monoisotopic (exact) mass is 142 g/mol. The van der Waals surface area contributed by atoms with Crippen LogP contribution in [0, 0.1) is 0 Å². The van der Waals surface area contributed by atoms with E-state index in [4.69, 9.17) is 0 Å². The fourth-order valence-corrected chi connectivity index (χ4v) is 0.352. The van der Waals surface area contributed by atoms with Crippen LogP contribution in [0.2, 0.25) is 0 Å². The Balaban J connectivity index is 2.03. The van der Waals surface area contributed by atoms with E-state index in [1.807, 2.05) is 0 Å². The minimum Gasteiger partial charge on any atom is -0.371 e. The predicted molar refractivity (Wildman–Crippen MR) is 21.7 cm³/mol. The zero-order valence-electron chi connectivity index (χ0n) is 4.44. The SMILES string of the molecule is FC(F)(F)OCC1CO1. The van der Waals surface area contributed by atoms with Gasteiger partial charge in [-0.05, 0) is 0 Å². The number of epoxide rings is 1. The lowest BCUT2D eigenvalue weighted by Gasteiger charge is -2.03. The largest absolute Gasteiger partial charge is 0.522 e. The number of ether oxygens (including phenoxy) is 2. The summed E-state index contributed by atoms with van der Waals surface area (Å²) in [6, 6.07) is 0. The van der Waals surface area contributed by atoms with Crippen LogP contribution in [0.25, 0.3) is 0 Å². The fourth-order valence-electron chi connectivity index (χ4n) is 0.352. The lowest BCUT2D eigenvalue weighted by atomic mass is 10.5. The molecule has 2 nitrogen and oxygen atoms in total. The highest BCUT2D eigenvalue weighted by molar-refractivity contribution is 4.67. The number of rotatable bonds is 2. The maximum Gasteiger partial charge on any atom is 0.522 e. The third kappa shape index (κ3) is 3.31. The quantitative estimate of drug-likeness (QED) is 0.535. The molecule has 0 saturated carbocycles. The predicted octanol–water partition coefficient (Wildman–Crippen LogP) is 0.922. The van der Waals surface area contributed by atoms with Crippen LogP contribution >= 0.6 is 0 Å². The molecule has 0 aromatic heterocycles. The van der Waals surface area contributed by atoms with Gasteiger partial charge in [0.1, 0.15) is 6.10 Å². The Hall–Kier alpha value is -0.290. The zero-order chi connectivity index (χ0) is 6.91. The third-order valence-corrected chi connectivity index (χ3v) is 0.835. The summed E-state index contributed by atoms with van der Waals surface area (Å²) in [5.74, 6) is 0. The molecule has 0 spiro atoms. The zero-order valence-corrected chi connectivity index (χ0v) is 4.44. The van der Waals surface area contributed by atoms with E-state index in [2.05, 4.69) is 9.47 Å². The number of halogens is 3. The molecule has 1 unspecified atom stereocenters. The van der Waals surface area contributed by atoms with Gasteiger partial charge in [0, 0.05) is 0 Å². The Labute approximate surface area is 49.6 Å². The van der Waals surface area contributed by atoms with Crippen LogP contribution in [0.15, 0.2) is 0 Å². The first kappa shape index (κ1) is 6.82. The summed E-state index contributed by atoms with van der Waals surface area (Å²) in [6.07, 6.45) is -4.84. The molecule has 0 aromatic rings. The summed E-state index contributed by atoms with van der Waals surface area (Å²) in [5.41, 5.74) is 0. The standard InChI is InChI=1S/C4H5F3O2/c5-4(6,7)9-2-3-1-8-3/h3H,1-2H2. The van der Waals surface area contributed by atoms with E-state index in [-0.39, 0.29) is 12.7 Å². The van der Waals surface area contributed by atoms with Crippen molar-refractivity contribution in [3.8, 4) is 0 Å². The molecule has 0 radical (unpaired) electrons. The Morgan fingerprint density at radius 2 is 2.11 bits per heavy atom. The van der Waals surface area contributed by atoms with Gasteiger partial charge in [-0.3, -0.25) is 4.74 Å². The van der Waals surface area contributed by atoms with E-state index < -0.39 is 6.36 Å². The van der Waals surface area contributed by atoms with E-state index in [1.54, 1.807) is 0 Å². The first-order chi connectivity index (χ1) is 4.08. The fraction of sp³-hybridized carbons (Fsp3) is 1.00. The molecule has 9 heavy (non-hydrogen) atoms. The molecule has 1 rings (SSSR count). The van der Waals surface area contributed by atoms with Crippen molar-refractivity contribution in [1.82, 2.24) is 0 Å². The van der Waals surface area contributed by atoms with Crippen molar-refractivity contribution in [3.05, 3.63) is 0 Å². The first-order valence-corrected chi connectivity index (χ1v) is 2.40. The smallest absolute Gasteiger partial charge is 0.371 e. The molecule has 0 N–H and O–H groups in total. The lowest BCUT2D eigenvalue weighted by Crippen LogP contribution is -2.16. The number of hydrogen-bond donors (Lipinski definition) is 0. The summed E-state index contributed by atoms with van der Waals surface area (Å²) in [7, 11) is 0. The first-order valence-electron chi connectivity index (χ1n) is 2.40. The van der Waals surface area contributed by atoms with Crippen LogP contribution in [0.5, 0.6) is 0 Å². The van der Waals surface area contributed by atoms with Gasteiger partial charge in [0.2, 0.25) is 0 Å². The van der Waals surface area contributed by atoms with Crippen LogP contribution in [0.1, 0.15) is 0 Å². The maximum absolute atomic E-state index is 11.2. The summed E-state index contributed by atoms with van der Waals surface area (Å²) >= 11 is 0. The normalized spacial score (nSPS) is 26.3. The van der Waals surface area contributed by atoms with Crippen molar-refractivity contribution in [1.29, 1.82) is 0 Å². The molecule has 5 heteroatoms. The van der Waals surface area contributed by atoms with Crippen molar-refractivity contribution < 1.29 is 22.6 Å². The molecular weight excluding hydrogens is 137 g/mol. The molecule has 1 saturated heterocycles. The molecule has 1 aliphatic heterocycles. The number of alkyl halides is 3. The van der Waals surface area contributed by atoms with Gasteiger partial charge in [0.25, 0.3) is 0 Å². The van der Waals surface area contributed by atoms with E-state index in [0.717, 1.165) is 0 Å². The average Bonchev–Trinajstić information content (AvgIpc) is 2.38. The van der Waals surface area contributed by atoms with Gasteiger partial charge in [0.05, 0.1) is 13.2 Å². The lowest BCUT2D eigenvalue weighted by molar-refractivity contribution is -0.325. The van der Waals surface area contributed by atoms with E-state index >= 15 is 0 Å². The third-order valence-electron chi connectivity index (χ3n) is 0.835. The van der Waals surface area contributed by atoms with Crippen LogP contribution in [-0.2, 0) is 9.47 Å². The van der Waals surface area contributed by atoms with E-state index in [9.17, 15) is 13.2 Å². The summed E-state index contributed by atoms with van der Waals surface area (Å²) in [5, 5.41) is 0.